The zero-order chi connectivity index (χ0) is 20.6. The van der Waals surface area contributed by atoms with Crippen LogP contribution in [-0.2, 0) is 6.61 Å². The molecule has 0 aliphatic heterocycles. The monoisotopic (exact) mass is 499 g/mol. The molecule has 0 atom stereocenters. The molecule has 3 aromatic carbocycles. The Morgan fingerprint density at radius 2 is 1.97 bits per heavy atom. The van der Waals surface area contributed by atoms with Crippen LogP contribution in [-0.4, -0.2) is 12.1 Å². The smallest absolute Gasteiger partial charge is 0.274 e. The normalized spacial score (nSPS) is 10.5. The van der Waals surface area contributed by atoms with E-state index in [2.05, 4.69) is 33.1 Å². The third-order valence-corrected chi connectivity index (χ3v) is 4.76. The maximum absolute atomic E-state index is 13.9. The molecular weight excluding hydrogens is 484 g/mol. The molecule has 0 heterocycles. The quantitative estimate of drug-likeness (QED) is 0.305. The van der Waals surface area contributed by atoms with Gasteiger partial charge in [0.05, 0.1) is 27.0 Å². The molecule has 3 aromatic rings. The molecule has 1 N–H and O–H groups in total. The molecule has 0 aliphatic rings. The molecule has 0 saturated carbocycles. The van der Waals surface area contributed by atoms with Gasteiger partial charge in [-0.3, -0.25) is 4.79 Å². The van der Waals surface area contributed by atoms with Gasteiger partial charge in [0.25, 0.3) is 5.91 Å². The highest BCUT2D eigenvalue weighted by molar-refractivity contribution is 14.1. The number of rotatable bonds is 6. The van der Waals surface area contributed by atoms with E-state index in [0.29, 0.717) is 6.61 Å². The van der Waals surface area contributed by atoms with Crippen molar-refractivity contribution in [3.63, 3.8) is 0 Å². The van der Waals surface area contributed by atoms with Crippen molar-refractivity contribution >= 4 is 34.7 Å². The second kappa shape index (κ2) is 9.80. The fourth-order valence-corrected chi connectivity index (χ4v) is 3.14. The number of hydrazone groups is 1. The van der Waals surface area contributed by atoms with Crippen LogP contribution in [0.4, 0.5) is 4.39 Å². The van der Waals surface area contributed by atoms with Crippen molar-refractivity contribution in [2.75, 3.05) is 0 Å². The first-order chi connectivity index (χ1) is 14.1. The Kier molecular flexibility index (Phi) is 6.92. The van der Waals surface area contributed by atoms with Gasteiger partial charge in [-0.2, -0.15) is 10.4 Å². The van der Waals surface area contributed by atoms with Gasteiger partial charge in [0.2, 0.25) is 0 Å². The maximum atomic E-state index is 13.9. The Balaban J connectivity index is 1.60. The molecule has 0 unspecified atom stereocenters. The number of hydrogen-bond donors (Lipinski definition) is 1. The van der Waals surface area contributed by atoms with Gasteiger partial charge < -0.3 is 4.74 Å². The second-order valence-electron chi connectivity index (χ2n) is 5.97. The molecule has 29 heavy (non-hydrogen) atoms. The summed E-state index contributed by atoms with van der Waals surface area (Å²) in [4.78, 5) is 12.0. The van der Waals surface area contributed by atoms with Gasteiger partial charge in [0, 0.05) is 0 Å². The first kappa shape index (κ1) is 20.5. The first-order valence-corrected chi connectivity index (χ1v) is 9.64. The lowest BCUT2D eigenvalue weighted by Gasteiger charge is -2.09. The molecule has 0 fully saturated rings. The van der Waals surface area contributed by atoms with Crippen molar-refractivity contribution in [1.29, 1.82) is 5.26 Å². The van der Waals surface area contributed by atoms with E-state index in [-0.39, 0.29) is 11.1 Å². The van der Waals surface area contributed by atoms with Crippen molar-refractivity contribution in [3.8, 4) is 11.8 Å². The van der Waals surface area contributed by atoms with Crippen molar-refractivity contribution in [3.05, 3.63) is 98.4 Å². The molecule has 5 nitrogen and oxygen atoms in total. The number of carbonyl (C=O) groups excluding carboxylic acids is 1. The summed E-state index contributed by atoms with van der Waals surface area (Å²) in [5, 5.41) is 12.6. The Labute approximate surface area is 181 Å². The minimum absolute atomic E-state index is 0.145. The van der Waals surface area contributed by atoms with Gasteiger partial charge in [-0.25, -0.2) is 9.82 Å². The third-order valence-electron chi connectivity index (χ3n) is 3.92. The number of amides is 1. The van der Waals surface area contributed by atoms with Gasteiger partial charge >= 0.3 is 0 Å². The van der Waals surface area contributed by atoms with Crippen LogP contribution >= 0.6 is 22.6 Å². The standard InChI is InChI=1S/C22H15FIN3O2/c23-19-10-16(12-25)6-8-18(19)22(28)27-26-13-17-7-9-21(20(24)11-17)29-14-15-4-2-1-3-5-15/h1-11,13H,14H2,(H,27,28)/b26-13-. The molecule has 3 rings (SSSR count). The van der Waals surface area contributed by atoms with Crippen LogP contribution in [0.3, 0.4) is 0 Å². The van der Waals surface area contributed by atoms with E-state index in [1.165, 1.54) is 18.3 Å². The SMILES string of the molecule is N#Cc1ccc(C(=O)N/N=C\c2ccc(OCc3ccccc3)c(I)c2)c(F)c1. The lowest BCUT2D eigenvalue weighted by atomic mass is 10.1. The van der Waals surface area contributed by atoms with Gasteiger partial charge in [0.1, 0.15) is 18.2 Å². The first-order valence-electron chi connectivity index (χ1n) is 8.56. The molecule has 0 radical (unpaired) electrons. The van der Waals surface area contributed by atoms with Crippen molar-refractivity contribution in [1.82, 2.24) is 5.43 Å². The summed E-state index contributed by atoms with van der Waals surface area (Å²) in [6.07, 6.45) is 1.46. The maximum Gasteiger partial charge on any atom is 0.274 e. The Morgan fingerprint density at radius 1 is 1.17 bits per heavy atom. The number of nitrogens with one attached hydrogen (secondary N) is 1. The van der Waals surface area contributed by atoms with Gasteiger partial charge in [-0.15, -0.1) is 0 Å². The van der Waals surface area contributed by atoms with E-state index in [1.54, 1.807) is 6.07 Å². The van der Waals surface area contributed by atoms with Crippen molar-refractivity contribution < 1.29 is 13.9 Å². The summed E-state index contributed by atoms with van der Waals surface area (Å²) < 4.78 is 20.6. The van der Waals surface area contributed by atoms with E-state index in [0.717, 1.165) is 26.5 Å². The molecule has 0 aromatic heterocycles. The summed E-state index contributed by atoms with van der Waals surface area (Å²) in [7, 11) is 0. The van der Waals surface area contributed by atoms with Crippen LogP contribution in [0.5, 0.6) is 5.75 Å². The largest absolute Gasteiger partial charge is 0.488 e. The zero-order valence-corrected chi connectivity index (χ0v) is 17.3. The third kappa shape index (κ3) is 5.62. The van der Waals surface area contributed by atoms with Gasteiger partial charge in [-0.1, -0.05) is 30.3 Å². The number of hydrogen-bond acceptors (Lipinski definition) is 4. The van der Waals surface area contributed by atoms with Crippen LogP contribution in [0, 0.1) is 20.7 Å². The zero-order valence-electron chi connectivity index (χ0n) is 15.1. The van der Waals surface area contributed by atoms with Crippen LogP contribution < -0.4 is 10.2 Å². The average Bonchev–Trinajstić information content (AvgIpc) is 2.73. The highest BCUT2D eigenvalue weighted by atomic mass is 127. The molecule has 0 aliphatic carbocycles. The van der Waals surface area contributed by atoms with Crippen LogP contribution in [0.25, 0.3) is 0 Å². The van der Waals surface area contributed by atoms with Gasteiger partial charge in [0.15, 0.2) is 0 Å². The summed E-state index contributed by atoms with van der Waals surface area (Å²) in [6.45, 7) is 0.469. The molecule has 0 bridgehead atoms. The molecular formula is C22H15FIN3O2. The number of carbonyl (C=O) groups is 1. The molecule has 1 amide bonds. The van der Waals surface area contributed by atoms with E-state index in [9.17, 15) is 9.18 Å². The lowest BCUT2D eigenvalue weighted by Crippen LogP contribution is -2.19. The fraction of sp³-hybridized carbons (Fsp3) is 0.0455. The summed E-state index contributed by atoms with van der Waals surface area (Å²) >= 11 is 2.16. The summed E-state index contributed by atoms with van der Waals surface area (Å²) in [6, 6.07) is 20.8. The average molecular weight is 499 g/mol. The van der Waals surface area contributed by atoms with Crippen molar-refractivity contribution in [2.24, 2.45) is 5.10 Å². The molecule has 0 spiro atoms. The number of nitriles is 1. The van der Waals surface area contributed by atoms with Gasteiger partial charge in [-0.05, 0) is 70.1 Å². The van der Waals surface area contributed by atoms with E-state index in [4.69, 9.17) is 10.00 Å². The van der Waals surface area contributed by atoms with Crippen molar-refractivity contribution in [2.45, 2.75) is 6.61 Å². The van der Waals surface area contributed by atoms with E-state index >= 15 is 0 Å². The lowest BCUT2D eigenvalue weighted by molar-refractivity contribution is 0.0951. The predicted octanol–water partition coefficient (Wildman–Crippen LogP) is 4.64. The van der Waals surface area contributed by atoms with Crippen LogP contribution in [0.1, 0.15) is 27.0 Å². The minimum atomic E-state index is -0.772. The Morgan fingerprint density at radius 3 is 2.66 bits per heavy atom. The highest BCUT2D eigenvalue weighted by Gasteiger charge is 2.11. The van der Waals surface area contributed by atoms with E-state index < -0.39 is 11.7 Å². The fourth-order valence-electron chi connectivity index (χ4n) is 2.44. The Bertz CT molecular complexity index is 1090. The number of halogens is 2. The number of ether oxygens (including phenoxy) is 1. The number of benzene rings is 3. The van der Waals surface area contributed by atoms with E-state index in [1.807, 2.05) is 48.5 Å². The number of nitrogens with zero attached hydrogens (tertiary/aromatic N) is 2. The minimum Gasteiger partial charge on any atom is -0.488 e. The second-order valence-corrected chi connectivity index (χ2v) is 7.13. The Hall–Kier alpha value is -3.25. The highest BCUT2D eigenvalue weighted by Crippen LogP contribution is 2.22. The molecule has 144 valence electrons. The molecule has 0 saturated heterocycles. The summed E-state index contributed by atoms with van der Waals surface area (Å²) in [5.41, 5.74) is 4.07. The summed E-state index contributed by atoms with van der Waals surface area (Å²) in [5.74, 6) is -0.720. The van der Waals surface area contributed by atoms with Crippen LogP contribution in [0.2, 0.25) is 0 Å². The predicted molar refractivity (Wildman–Crippen MR) is 116 cm³/mol. The molecule has 7 heteroatoms. The van der Waals surface area contributed by atoms with Crippen LogP contribution in [0.15, 0.2) is 71.8 Å². The topological polar surface area (TPSA) is 74.5 Å².